The lowest BCUT2D eigenvalue weighted by molar-refractivity contribution is 0.483. The highest BCUT2D eigenvalue weighted by Gasteiger charge is 2.09. The number of nitrogens with one attached hydrogen (secondary N) is 1. The van der Waals surface area contributed by atoms with Crippen LogP contribution in [0.5, 0.6) is 0 Å². The average Bonchev–Trinajstić information content (AvgIpc) is 2.03. The Labute approximate surface area is 79.0 Å². The summed E-state index contributed by atoms with van der Waals surface area (Å²) in [6.45, 7) is 6.08. The van der Waals surface area contributed by atoms with Gasteiger partial charge in [-0.3, -0.25) is 0 Å². The van der Waals surface area contributed by atoms with Gasteiger partial charge in [-0.15, -0.1) is 0 Å². The van der Waals surface area contributed by atoms with Crippen LogP contribution in [0.4, 0.5) is 4.39 Å². The normalized spacial score (nSPS) is 13.3. The van der Waals surface area contributed by atoms with Crippen LogP contribution in [0.3, 0.4) is 0 Å². The first-order valence-corrected chi connectivity index (χ1v) is 4.61. The van der Waals surface area contributed by atoms with Crippen LogP contribution in [0, 0.1) is 5.82 Å². The Morgan fingerprint density at radius 3 is 2.31 bits per heavy atom. The van der Waals surface area contributed by atoms with E-state index < -0.39 is 0 Å². The summed E-state index contributed by atoms with van der Waals surface area (Å²) in [6.07, 6.45) is 0. The topological polar surface area (TPSA) is 12.0 Å². The summed E-state index contributed by atoms with van der Waals surface area (Å²) in [4.78, 5) is 0. The Morgan fingerprint density at radius 2 is 1.77 bits per heavy atom. The van der Waals surface area contributed by atoms with Crippen LogP contribution in [0.1, 0.15) is 32.4 Å². The van der Waals surface area contributed by atoms with Gasteiger partial charge in [0.2, 0.25) is 0 Å². The molecule has 0 unspecified atom stereocenters. The van der Waals surface area contributed by atoms with Gasteiger partial charge in [-0.1, -0.05) is 32.0 Å². The van der Waals surface area contributed by atoms with Crippen LogP contribution in [-0.2, 0) is 0 Å². The molecule has 0 fully saturated rings. The number of rotatable bonds is 3. The SMILES string of the molecule is CC(C)N[C@@H](C)c1ccccc1F. The van der Waals surface area contributed by atoms with Crippen molar-refractivity contribution in [3.05, 3.63) is 35.6 Å². The minimum atomic E-state index is -0.136. The highest BCUT2D eigenvalue weighted by atomic mass is 19.1. The Hall–Kier alpha value is -0.890. The summed E-state index contributed by atoms with van der Waals surface area (Å²) < 4.78 is 13.3. The second-order valence-corrected chi connectivity index (χ2v) is 3.56. The van der Waals surface area contributed by atoms with Gasteiger partial charge in [0, 0.05) is 17.6 Å². The molecule has 0 aliphatic carbocycles. The van der Waals surface area contributed by atoms with Crippen LogP contribution in [0.2, 0.25) is 0 Å². The molecule has 72 valence electrons. The molecule has 13 heavy (non-hydrogen) atoms. The van der Waals surface area contributed by atoms with Crippen molar-refractivity contribution in [1.29, 1.82) is 0 Å². The molecular formula is C11H16FN. The van der Waals surface area contributed by atoms with Crippen molar-refractivity contribution in [3.63, 3.8) is 0 Å². The lowest BCUT2D eigenvalue weighted by atomic mass is 10.1. The molecule has 1 aromatic carbocycles. The van der Waals surface area contributed by atoms with Crippen LogP contribution < -0.4 is 5.32 Å². The van der Waals surface area contributed by atoms with Gasteiger partial charge in [0.15, 0.2) is 0 Å². The fourth-order valence-corrected chi connectivity index (χ4v) is 1.42. The molecule has 0 aliphatic rings. The largest absolute Gasteiger partial charge is 0.308 e. The highest BCUT2D eigenvalue weighted by molar-refractivity contribution is 5.20. The van der Waals surface area contributed by atoms with Crippen molar-refractivity contribution in [2.24, 2.45) is 0 Å². The van der Waals surface area contributed by atoms with Crippen molar-refractivity contribution in [1.82, 2.24) is 5.32 Å². The third-order valence-electron chi connectivity index (χ3n) is 1.96. The van der Waals surface area contributed by atoms with Crippen LogP contribution in [-0.4, -0.2) is 6.04 Å². The smallest absolute Gasteiger partial charge is 0.127 e. The molecule has 0 aromatic heterocycles. The number of benzene rings is 1. The molecule has 1 N–H and O–H groups in total. The van der Waals surface area contributed by atoms with E-state index >= 15 is 0 Å². The number of halogens is 1. The van der Waals surface area contributed by atoms with E-state index in [0.29, 0.717) is 6.04 Å². The maximum atomic E-state index is 13.3. The third kappa shape index (κ3) is 2.81. The van der Waals surface area contributed by atoms with E-state index in [1.807, 2.05) is 19.1 Å². The van der Waals surface area contributed by atoms with E-state index in [1.165, 1.54) is 6.07 Å². The molecule has 1 nitrogen and oxygen atoms in total. The average molecular weight is 181 g/mol. The second-order valence-electron chi connectivity index (χ2n) is 3.56. The predicted molar refractivity (Wildman–Crippen MR) is 53.1 cm³/mol. The van der Waals surface area contributed by atoms with E-state index in [-0.39, 0.29) is 11.9 Å². The van der Waals surface area contributed by atoms with Gasteiger partial charge < -0.3 is 5.32 Å². The van der Waals surface area contributed by atoms with Crippen molar-refractivity contribution in [3.8, 4) is 0 Å². The third-order valence-corrected chi connectivity index (χ3v) is 1.96. The molecule has 0 bridgehead atoms. The molecule has 0 saturated heterocycles. The van der Waals surface area contributed by atoms with Gasteiger partial charge in [-0.05, 0) is 13.0 Å². The Balaban J connectivity index is 2.76. The monoisotopic (exact) mass is 181 g/mol. The van der Waals surface area contributed by atoms with Gasteiger partial charge in [-0.2, -0.15) is 0 Å². The summed E-state index contributed by atoms with van der Waals surface area (Å²) in [7, 11) is 0. The predicted octanol–water partition coefficient (Wildman–Crippen LogP) is 2.88. The minimum absolute atomic E-state index is 0.0706. The van der Waals surface area contributed by atoms with Gasteiger partial charge >= 0.3 is 0 Å². The van der Waals surface area contributed by atoms with Crippen molar-refractivity contribution >= 4 is 0 Å². The maximum absolute atomic E-state index is 13.3. The molecule has 1 atom stereocenters. The summed E-state index contributed by atoms with van der Waals surface area (Å²) in [5.74, 6) is -0.136. The number of hydrogen-bond donors (Lipinski definition) is 1. The van der Waals surface area contributed by atoms with Crippen LogP contribution >= 0.6 is 0 Å². The quantitative estimate of drug-likeness (QED) is 0.756. The van der Waals surface area contributed by atoms with Crippen LogP contribution in [0.25, 0.3) is 0 Å². The zero-order valence-corrected chi connectivity index (χ0v) is 8.34. The zero-order valence-electron chi connectivity index (χ0n) is 8.34. The molecular weight excluding hydrogens is 165 g/mol. The van der Waals surface area contributed by atoms with E-state index in [0.717, 1.165) is 5.56 Å². The lowest BCUT2D eigenvalue weighted by Crippen LogP contribution is -2.26. The van der Waals surface area contributed by atoms with E-state index in [4.69, 9.17) is 0 Å². The number of hydrogen-bond acceptors (Lipinski definition) is 1. The Morgan fingerprint density at radius 1 is 1.15 bits per heavy atom. The maximum Gasteiger partial charge on any atom is 0.127 e. The molecule has 1 aromatic rings. The molecule has 0 heterocycles. The molecule has 1 rings (SSSR count). The second kappa shape index (κ2) is 4.38. The summed E-state index contributed by atoms with van der Waals surface area (Å²) in [6, 6.07) is 7.32. The Kier molecular flexibility index (Phi) is 3.43. The van der Waals surface area contributed by atoms with Crippen LogP contribution in [0.15, 0.2) is 24.3 Å². The van der Waals surface area contributed by atoms with Gasteiger partial charge in [0.05, 0.1) is 0 Å². The first kappa shape index (κ1) is 10.2. The van der Waals surface area contributed by atoms with E-state index in [9.17, 15) is 4.39 Å². The van der Waals surface area contributed by atoms with E-state index in [2.05, 4.69) is 19.2 Å². The van der Waals surface area contributed by atoms with Crippen molar-refractivity contribution in [2.45, 2.75) is 32.9 Å². The zero-order chi connectivity index (χ0) is 9.84. The van der Waals surface area contributed by atoms with Crippen molar-refractivity contribution < 1.29 is 4.39 Å². The Bertz CT molecular complexity index is 271. The molecule has 0 saturated carbocycles. The van der Waals surface area contributed by atoms with Gasteiger partial charge in [0.1, 0.15) is 5.82 Å². The standard InChI is InChI=1S/C11H16FN/c1-8(2)13-9(3)10-6-4-5-7-11(10)12/h4-9,13H,1-3H3/t9-/m0/s1. The summed E-state index contributed by atoms with van der Waals surface area (Å²) >= 11 is 0. The fraction of sp³-hybridized carbons (Fsp3) is 0.455. The summed E-state index contributed by atoms with van der Waals surface area (Å²) in [5.41, 5.74) is 0.733. The minimum Gasteiger partial charge on any atom is -0.308 e. The fourth-order valence-electron chi connectivity index (χ4n) is 1.42. The molecule has 0 radical (unpaired) electrons. The van der Waals surface area contributed by atoms with Gasteiger partial charge in [-0.25, -0.2) is 4.39 Å². The molecule has 0 spiro atoms. The van der Waals surface area contributed by atoms with E-state index in [1.54, 1.807) is 6.07 Å². The molecule has 0 aliphatic heterocycles. The lowest BCUT2D eigenvalue weighted by Gasteiger charge is -2.17. The first-order chi connectivity index (χ1) is 6.11. The van der Waals surface area contributed by atoms with Crippen molar-refractivity contribution in [2.75, 3.05) is 0 Å². The molecule has 2 heteroatoms. The molecule has 0 amide bonds. The highest BCUT2D eigenvalue weighted by Crippen LogP contribution is 2.16. The summed E-state index contributed by atoms with van der Waals surface area (Å²) in [5, 5.41) is 3.26. The first-order valence-electron chi connectivity index (χ1n) is 4.61. The van der Waals surface area contributed by atoms with Gasteiger partial charge in [0.25, 0.3) is 0 Å².